The van der Waals surface area contributed by atoms with Gasteiger partial charge < -0.3 is 19.5 Å². The Morgan fingerprint density at radius 3 is 2.76 bits per heavy atom. The Balaban J connectivity index is 1.59. The largest absolute Gasteiger partial charge is 0.497 e. The lowest BCUT2D eigenvalue weighted by molar-refractivity contribution is -0.0902. The van der Waals surface area contributed by atoms with E-state index < -0.39 is 0 Å². The molecule has 1 N–H and O–H groups in total. The van der Waals surface area contributed by atoms with Crippen LogP contribution in [-0.4, -0.2) is 38.6 Å². The molecule has 0 aliphatic carbocycles. The van der Waals surface area contributed by atoms with Crippen LogP contribution in [0.3, 0.4) is 0 Å². The molecule has 2 aliphatic heterocycles. The van der Waals surface area contributed by atoms with Crippen LogP contribution in [0.15, 0.2) is 24.3 Å². The predicted molar refractivity (Wildman–Crippen MR) is 81.7 cm³/mol. The van der Waals surface area contributed by atoms with Crippen LogP contribution in [0.2, 0.25) is 0 Å². The Morgan fingerprint density at radius 2 is 2.10 bits per heavy atom. The summed E-state index contributed by atoms with van der Waals surface area (Å²) in [6.07, 6.45) is 3.15. The molecule has 0 bridgehead atoms. The Labute approximate surface area is 126 Å². The van der Waals surface area contributed by atoms with E-state index in [0.717, 1.165) is 44.8 Å². The van der Waals surface area contributed by atoms with Crippen molar-refractivity contribution in [2.75, 3.05) is 26.9 Å². The quantitative estimate of drug-likeness (QED) is 0.926. The number of hydrogen-bond acceptors (Lipinski definition) is 4. The molecule has 2 heterocycles. The predicted octanol–water partition coefficient (Wildman–Crippen LogP) is 2.68. The second-order valence-corrected chi connectivity index (χ2v) is 6.19. The van der Waals surface area contributed by atoms with Gasteiger partial charge in [-0.05, 0) is 37.5 Å². The molecule has 21 heavy (non-hydrogen) atoms. The number of nitrogens with one attached hydrogen (secondary N) is 1. The summed E-state index contributed by atoms with van der Waals surface area (Å²) in [4.78, 5) is 0. The molecule has 3 atom stereocenters. The first-order valence-electron chi connectivity index (χ1n) is 7.82. The Bertz CT molecular complexity index is 454. The van der Waals surface area contributed by atoms with E-state index in [0.29, 0.717) is 12.1 Å². The van der Waals surface area contributed by atoms with E-state index in [1.54, 1.807) is 7.11 Å². The number of hydrogen-bond donors (Lipinski definition) is 1. The lowest BCUT2D eigenvalue weighted by Gasteiger charge is -2.38. The second-order valence-electron chi connectivity index (χ2n) is 6.19. The van der Waals surface area contributed by atoms with E-state index in [9.17, 15) is 0 Å². The van der Waals surface area contributed by atoms with Gasteiger partial charge in [-0.15, -0.1) is 0 Å². The summed E-state index contributed by atoms with van der Waals surface area (Å²) in [6, 6.07) is 9.12. The van der Waals surface area contributed by atoms with Crippen molar-refractivity contribution in [2.24, 2.45) is 0 Å². The van der Waals surface area contributed by atoms with Crippen molar-refractivity contribution in [1.82, 2.24) is 5.32 Å². The zero-order chi connectivity index (χ0) is 14.7. The minimum absolute atomic E-state index is 0.0322. The highest BCUT2D eigenvalue weighted by Crippen LogP contribution is 2.33. The van der Waals surface area contributed by atoms with Gasteiger partial charge in [0.25, 0.3) is 0 Å². The molecule has 1 spiro atoms. The van der Waals surface area contributed by atoms with Crippen molar-refractivity contribution >= 4 is 0 Å². The third-order valence-electron chi connectivity index (χ3n) is 4.66. The van der Waals surface area contributed by atoms with Crippen molar-refractivity contribution in [1.29, 1.82) is 0 Å². The minimum Gasteiger partial charge on any atom is -0.497 e. The zero-order valence-corrected chi connectivity index (χ0v) is 12.9. The first-order valence-corrected chi connectivity index (χ1v) is 7.82. The fraction of sp³-hybridized carbons (Fsp3) is 0.647. The van der Waals surface area contributed by atoms with Crippen LogP contribution < -0.4 is 10.1 Å². The van der Waals surface area contributed by atoms with Crippen LogP contribution >= 0.6 is 0 Å². The topological polar surface area (TPSA) is 39.7 Å². The molecule has 1 aromatic rings. The standard InChI is InChI=1S/C17H25NO3/c1-13(14-3-5-16(19-2)6-4-14)18-15-7-9-21-17(11-15)8-10-20-12-17/h3-6,13,15,18H,7-12H2,1-2H3/t13-,15?,17?/m1/s1. The summed E-state index contributed by atoms with van der Waals surface area (Å²) < 4.78 is 16.7. The molecule has 4 nitrogen and oxygen atoms in total. The van der Waals surface area contributed by atoms with E-state index in [4.69, 9.17) is 14.2 Å². The summed E-state index contributed by atoms with van der Waals surface area (Å²) in [5.74, 6) is 0.902. The molecule has 0 amide bonds. The molecule has 2 fully saturated rings. The first-order chi connectivity index (χ1) is 10.2. The van der Waals surface area contributed by atoms with Gasteiger partial charge in [-0.25, -0.2) is 0 Å². The molecule has 0 saturated carbocycles. The lowest BCUT2D eigenvalue weighted by atomic mass is 9.89. The van der Waals surface area contributed by atoms with Crippen molar-refractivity contribution < 1.29 is 14.2 Å². The molecule has 0 radical (unpaired) electrons. The van der Waals surface area contributed by atoms with Crippen LogP contribution in [-0.2, 0) is 9.47 Å². The molecule has 3 rings (SSSR count). The average molecular weight is 291 g/mol. The summed E-state index contributed by atoms with van der Waals surface area (Å²) in [6.45, 7) is 4.63. The normalized spacial score (nSPS) is 30.5. The number of methoxy groups -OCH3 is 1. The molecular weight excluding hydrogens is 266 g/mol. The molecule has 4 heteroatoms. The molecule has 2 aliphatic rings. The van der Waals surface area contributed by atoms with Gasteiger partial charge in [-0.3, -0.25) is 0 Å². The van der Waals surface area contributed by atoms with Gasteiger partial charge in [0.05, 0.1) is 19.3 Å². The fourth-order valence-corrected chi connectivity index (χ4v) is 3.38. The Hall–Kier alpha value is -1.10. The Morgan fingerprint density at radius 1 is 1.29 bits per heavy atom. The van der Waals surface area contributed by atoms with E-state index in [1.165, 1.54) is 5.56 Å². The molecule has 1 aromatic carbocycles. The van der Waals surface area contributed by atoms with Gasteiger partial charge >= 0.3 is 0 Å². The van der Waals surface area contributed by atoms with Gasteiger partial charge in [-0.1, -0.05) is 12.1 Å². The molecule has 2 unspecified atom stereocenters. The highest BCUT2D eigenvalue weighted by Gasteiger charge is 2.41. The lowest BCUT2D eigenvalue weighted by Crippen LogP contribution is -2.48. The SMILES string of the molecule is COc1ccc([C@@H](C)NC2CCOC3(CCOC3)C2)cc1. The summed E-state index contributed by atoms with van der Waals surface area (Å²) >= 11 is 0. The van der Waals surface area contributed by atoms with E-state index in [1.807, 2.05) is 12.1 Å². The highest BCUT2D eigenvalue weighted by molar-refractivity contribution is 5.28. The van der Waals surface area contributed by atoms with Gasteiger partial charge in [0.2, 0.25) is 0 Å². The van der Waals surface area contributed by atoms with Crippen molar-refractivity contribution in [3.8, 4) is 5.75 Å². The van der Waals surface area contributed by atoms with Crippen LogP contribution in [0.5, 0.6) is 5.75 Å². The third-order valence-corrected chi connectivity index (χ3v) is 4.66. The average Bonchev–Trinajstić information content (AvgIpc) is 2.95. The molecule has 2 saturated heterocycles. The number of rotatable bonds is 4. The Kier molecular flexibility index (Phi) is 4.48. The molecule has 116 valence electrons. The van der Waals surface area contributed by atoms with Gasteiger partial charge in [-0.2, -0.15) is 0 Å². The monoisotopic (exact) mass is 291 g/mol. The van der Waals surface area contributed by atoms with E-state index in [2.05, 4.69) is 24.4 Å². The maximum Gasteiger partial charge on any atom is 0.118 e. The van der Waals surface area contributed by atoms with E-state index >= 15 is 0 Å². The second kappa shape index (κ2) is 6.34. The smallest absolute Gasteiger partial charge is 0.118 e. The van der Waals surface area contributed by atoms with Crippen LogP contribution in [0.1, 0.15) is 37.8 Å². The highest BCUT2D eigenvalue weighted by atomic mass is 16.6. The van der Waals surface area contributed by atoms with E-state index in [-0.39, 0.29) is 5.60 Å². The minimum atomic E-state index is -0.0322. The summed E-state index contributed by atoms with van der Waals surface area (Å²) in [5, 5.41) is 3.75. The summed E-state index contributed by atoms with van der Waals surface area (Å²) in [5.41, 5.74) is 1.26. The van der Waals surface area contributed by atoms with Crippen LogP contribution in [0.4, 0.5) is 0 Å². The van der Waals surface area contributed by atoms with Crippen molar-refractivity contribution in [2.45, 2.75) is 43.9 Å². The van der Waals surface area contributed by atoms with Crippen molar-refractivity contribution in [3.05, 3.63) is 29.8 Å². The number of benzene rings is 1. The first kappa shape index (κ1) is 14.8. The maximum absolute atomic E-state index is 5.99. The van der Waals surface area contributed by atoms with Gasteiger partial charge in [0.1, 0.15) is 5.75 Å². The van der Waals surface area contributed by atoms with Gasteiger partial charge in [0, 0.05) is 31.7 Å². The molecule has 0 aromatic heterocycles. The number of ether oxygens (including phenoxy) is 3. The summed E-state index contributed by atoms with van der Waals surface area (Å²) in [7, 11) is 1.70. The van der Waals surface area contributed by atoms with Crippen LogP contribution in [0.25, 0.3) is 0 Å². The van der Waals surface area contributed by atoms with Gasteiger partial charge in [0.15, 0.2) is 0 Å². The fourth-order valence-electron chi connectivity index (χ4n) is 3.38. The zero-order valence-electron chi connectivity index (χ0n) is 12.9. The third kappa shape index (κ3) is 3.39. The van der Waals surface area contributed by atoms with Crippen molar-refractivity contribution in [3.63, 3.8) is 0 Å². The van der Waals surface area contributed by atoms with Crippen LogP contribution in [0, 0.1) is 0 Å². The molecular formula is C17H25NO3. The maximum atomic E-state index is 5.99.